The van der Waals surface area contributed by atoms with Crippen molar-refractivity contribution in [3.05, 3.63) is 53.6 Å². The van der Waals surface area contributed by atoms with Crippen molar-refractivity contribution in [1.82, 2.24) is 10.0 Å². The Morgan fingerprint density at radius 1 is 1.14 bits per heavy atom. The van der Waals surface area contributed by atoms with Crippen LogP contribution in [0.25, 0.3) is 0 Å². The summed E-state index contributed by atoms with van der Waals surface area (Å²) in [6.07, 6.45) is 0. The highest BCUT2D eigenvalue weighted by atomic mass is 32.2. The monoisotopic (exact) mass is 406 g/mol. The molecule has 1 amide bonds. The first-order chi connectivity index (χ1) is 13.3. The van der Waals surface area contributed by atoms with Crippen molar-refractivity contribution in [1.29, 1.82) is 0 Å². The molecule has 0 aromatic heterocycles. The Morgan fingerprint density at radius 3 is 2.43 bits per heavy atom. The van der Waals surface area contributed by atoms with Gasteiger partial charge in [-0.1, -0.05) is 17.7 Å². The molecule has 0 spiro atoms. The number of amides is 1. The number of hydrogen-bond acceptors (Lipinski definition) is 5. The van der Waals surface area contributed by atoms with Gasteiger partial charge in [-0.2, -0.15) is 0 Å². The highest BCUT2D eigenvalue weighted by molar-refractivity contribution is 7.89. The molecule has 0 bridgehead atoms. The van der Waals surface area contributed by atoms with Gasteiger partial charge in [0.15, 0.2) is 0 Å². The maximum Gasteiger partial charge on any atom is 0.241 e. The number of aryl methyl sites for hydroxylation is 1. The molecule has 0 radical (unpaired) electrons. The molecule has 8 heteroatoms. The van der Waals surface area contributed by atoms with Crippen molar-refractivity contribution >= 4 is 15.9 Å². The van der Waals surface area contributed by atoms with E-state index >= 15 is 0 Å². The zero-order valence-corrected chi connectivity index (χ0v) is 17.3. The molecule has 7 nitrogen and oxygen atoms in total. The SMILES string of the molecule is CCOc1ccc(S(=O)(=O)NCC(=O)N[C@H](C)c2cc(C)ccc2OC)cc1. The lowest BCUT2D eigenvalue weighted by molar-refractivity contribution is -0.120. The minimum Gasteiger partial charge on any atom is -0.496 e. The van der Waals surface area contributed by atoms with Crippen LogP contribution in [0, 0.1) is 6.92 Å². The van der Waals surface area contributed by atoms with E-state index in [1.54, 1.807) is 19.2 Å². The summed E-state index contributed by atoms with van der Waals surface area (Å²) >= 11 is 0. The molecule has 2 N–H and O–H groups in total. The van der Waals surface area contributed by atoms with Gasteiger partial charge in [-0.3, -0.25) is 4.79 Å². The molecule has 0 unspecified atom stereocenters. The molecule has 0 saturated carbocycles. The molecule has 28 heavy (non-hydrogen) atoms. The van der Waals surface area contributed by atoms with Gasteiger partial charge < -0.3 is 14.8 Å². The van der Waals surface area contributed by atoms with Gasteiger partial charge in [0.1, 0.15) is 11.5 Å². The number of rotatable bonds is 9. The van der Waals surface area contributed by atoms with Crippen LogP contribution in [0.15, 0.2) is 47.4 Å². The van der Waals surface area contributed by atoms with E-state index in [1.807, 2.05) is 39.0 Å². The quantitative estimate of drug-likeness (QED) is 0.668. The predicted octanol–water partition coefficient (Wildman–Crippen LogP) is 2.56. The molecule has 0 aliphatic heterocycles. The second-order valence-corrected chi connectivity index (χ2v) is 8.03. The lowest BCUT2D eigenvalue weighted by Gasteiger charge is -2.18. The molecule has 152 valence electrons. The fourth-order valence-electron chi connectivity index (χ4n) is 2.69. The summed E-state index contributed by atoms with van der Waals surface area (Å²) in [5.74, 6) is 0.805. The van der Waals surface area contributed by atoms with E-state index in [2.05, 4.69) is 10.0 Å². The van der Waals surface area contributed by atoms with Crippen molar-refractivity contribution in [2.45, 2.75) is 31.7 Å². The third-order valence-corrected chi connectivity index (χ3v) is 5.51. The van der Waals surface area contributed by atoms with Crippen LogP contribution >= 0.6 is 0 Å². The summed E-state index contributed by atoms with van der Waals surface area (Å²) in [6.45, 7) is 5.74. The van der Waals surface area contributed by atoms with E-state index in [9.17, 15) is 13.2 Å². The molecular weight excluding hydrogens is 380 g/mol. The first-order valence-corrected chi connectivity index (χ1v) is 10.4. The highest BCUT2D eigenvalue weighted by Gasteiger charge is 2.18. The fourth-order valence-corrected chi connectivity index (χ4v) is 3.67. The summed E-state index contributed by atoms with van der Waals surface area (Å²) in [7, 11) is -2.23. The van der Waals surface area contributed by atoms with E-state index in [0.29, 0.717) is 18.1 Å². The number of methoxy groups -OCH3 is 1. The van der Waals surface area contributed by atoms with Gasteiger partial charge in [0.2, 0.25) is 15.9 Å². The summed E-state index contributed by atoms with van der Waals surface area (Å²) in [4.78, 5) is 12.3. The summed E-state index contributed by atoms with van der Waals surface area (Å²) < 4.78 is 37.6. The molecular formula is C20H26N2O5S. The highest BCUT2D eigenvalue weighted by Crippen LogP contribution is 2.26. The van der Waals surface area contributed by atoms with E-state index in [1.165, 1.54) is 12.1 Å². The van der Waals surface area contributed by atoms with E-state index in [0.717, 1.165) is 11.1 Å². The number of nitrogens with one attached hydrogen (secondary N) is 2. The average Bonchev–Trinajstić information content (AvgIpc) is 2.67. The van der Waals surface area contributed by atoms with Crippen molar-refractivity contribution in [2.24, 2.45) is 0 Å². The molecule has 2 aromatic carbocycles. The van der Waals surface area contributed by atoms with Crippen LogP contribution < -0.4 is 19.5 Å². The standard InChI is InChI=1S/C20H26N2O5S/c1-5-27-16-7-9-17(10-8-16)28(24,25)21-13-20(23)22-15(3)18-12-14(2)6-11-19(18)26-4/h6-12,15,21H,5,13H2,1-4H3,(H,22,23)/t15-/m1/s1. The van der Waals surface area contributed by atoms with E-state index in [4.69, 9.17) is 9.47 Å². The van der Waals surface area contributed by atoms with E-state index < -0.39 is 15.9 Å². The van der Waals surface area contributed by atoms with Crippen LogP contribution in [0.3, 0.4) is 0 Å². The summed E-state index contributed by atoms with van der Waals surface area (Å²) in [5.41, 5.74) is 1.86. The molecule has 0 fully saturated rings. The largest absolute Gasteiger partial charge is 0.496 e. The number of hydrogen-bond donors (Lipinski definition) is 2. The van der Waals surface area contributed by atoms with Gasteiger partial charge in [-0.05, 0) is 51.1 Å². The summed E-state index contributed by atoms with van der Waals surface area (Å²) in [5, 5.41) is 2.78. The van der Waals surface area contributed by atoms with Crippen molar-refractivity contribution in [3.63, 3.8) is 0 Å². The van der Waals surface area contributed by atoms with Crippen molar-refractivity contribution in [2.75, 3.05) is 20.3 Å². The minimum atomic E-state index is -3.80. The second kappa shape index (κ2) is 9.57. The Morgan fingerprint density at radius 2 is 1.82 bits per heavy atom. The lowest BCUT2D eigenvalue weighted by atomic mass is 10.0. The number of sulfonamides is 1. The van der Waals surface area contributed by atoms with Crippen LogP contribution in [0.4, 0.5) is 0 Å². The third kappa shape index (κ3) is 5.71. The lowest BCUT2D eigenvalue weighted by Crippen LogP contribution is -2.38. The topological polar surface area (TPSA) is 93.7 Å². The maximum atomic E-state index is 12.4. The Labute approximate surface area is 166 Å². The van der Waals surface area contributed by atoms with Gasteiger partial charge in [-0.15, -0.1) is 0 Å². The number of ether oxygens (including phenoxy) is 2. The molecule has 2 aromatic rings. The van der Waals surface area contributed by atoms with Crippen LogP contribution in [0.2, 0.25) is 0 Å². The number of benzene rings is 2. The van der Waals surface area contributed by atoms with Gasteiger partial charge in [0.25, 0.3) is 0 Å². The minimum absolute atomic E-state index is 0.0668. The van der Waals surface area contributed by atoms with Gasteiger partial charge in [0, 0.05) is 5.56 Å². The van der Waals surface area contributed by atoms with Gasteiger partial charge in [-0.25, -0.2) is 13.1 Å². The zero-order chi connectivity index (χ0) is 20.7. The third-order valence-electron chi connectivity index (χ3n) is 4.10. The molecule has 2 rings (SSSR count). The summed E-state index contributed by atoms with van der Waals surface area (Å²) in [6, 6.07) is 11.4. The van der Waals surface area contributed by atoms with Crippen molar-refractivity contribution in [3.8, 4) is 11.5 Å². The molecule has 0 aliphatic rings. The fraction of sp³-hybridized carbons (Fsp3) is 0.350. The molecule has 0 aliphatic carbocycles. The Bertz CT molecular complexity index is 911. The van der Waals surface area contributed by atoms with Crippen LogP contribution in [0.5, 0.6) is 11.5 Å². The maximum absolute atomic E-state index is 12.4. The number of carbonyl (C=O) groups is 1. The smallest absolute Gasteiger partial charge is 0.241 e. The van der Waals surface area contributed by atoms with Crippen LogP contribution in [0.1, 0.15) is 31.0 Å². The zero-order valence-electron chi connectivity index (χ0n) is 16.5. The average molecular weight is 407 g/mol. The molecule has 0 saturated heterocycles. The van der Waals surface area contributed by atoms with Crippen molar-refractivity contribution < 1.29 is 22.7 Å². The number of carbonyl (C=O) groups excluding carboxylic acids is 1. The van der Waals surface area contributed by atoms with Gasteiger partial charge >= 0.3 is 0 Å². The molecule has 1 atom stereocenters. The Kier molecular flexibility index (Phi) is 7.42. The second-order valence-electron chi connectivity index (χ2n) is 6.26. The Hall–Kier alpha value is -2.58. The first kappa shape index (κ1) is 21.7. The van der Waals surface area contributed by atoms with Crippen LogP contribution in [-0.2, 0) is 14.8 Å². The van der Waals surface area contributed by atoms with Gasteiger partial charge in [0.05, 0.1) is 31.2 Å². The first-order valence-electron chi connectivity index (χ1n) is 8.93. The molecule has 0 heterocycles. The van der Waals surface area contributed by atoms with E-state index in [-0.39, 0.29) is 17.5 Å². The Balaban J connectivity index is 1.98. The van der Waals surface area contributed by atoms with Crippen LogP contribution in [-0.4, -0.2) is 34.6 Å². The normalized spacial score (nSPS) is 12.3. The predicted molar refractivity (Wildman–Crippen MR) is 107 cm³/mol.